The number of fused-ring (bicyclic) bond motifs is 3. The third-order valence-corrected chi connectivity index (χ3v) is 6.99. The molecular weight excluding hydrogens is 362 g/mol. The molecule has 0 fully saturated rings. The first-order chi connectivity index (χ1) is 12.6. The van der Waals surface area contributed by atoms with Crippen LogP contribution in [0.25, 0.3) is 10.2 Å². The molecule has 0 aliphatic heterocycles. The maximum Gasteiger partial charge on any atom is 0.237 e. The van der Waals surface area contributed by atoms with Gasteiger partial charge < -0.3 is 5.32 Å². The summed E-state index contributed by atoms with van der Waals surface area (Å²) in [6.07, 6.45) is 6.34. The first kappa shape index (κ1) is 17.5. The quantitative estimate of drug-likeness (QED) is 0.509. The number of nitrogens with zero attached hydrogens (tertiary/aromatic N) is 2. The summed E-state index contributed by atoms with van der Waals surface area (Å²) < 4.78 is 0. The van der Waals surface area contributed by atoms with Gasteiger partial charge in [-0.3, -0.25) is 4.79 Å². The van der Waals surface area contributed by atoms with E-state index >= 15 is 0 Å². The van der Waals surface area contributed by atoms with E-state index in [0.29, 0.717) is 0 Å². The fraction of sp³-hybridized carbons (Fsp3) is 0.350. The number of nitrogens with one attached hydrogen (secondary N) is 1. The number of hydrogen-bond donors (Lipinski definition) is 1. The van der Waals surface area contributed by atoms with Gasteiger partial charge in [0.05, 0.1) is 5.25 Å². The van der Waals surface area contributed by atoms with Crippen molar-refractivity contribution < 1.29 is 4.79 Å². The molecule has 6 heteroatoms. The Morgan fingerprint density at radius 2 is 1.96 bits per heavy atom. The van der Waals surface area contributed by atoms with Crippen molar-refractivity contribution in [2.75, 3.05) is 5.32 Å². The monoisotopic (exact) mass is 383 g/mol. The molecule has 0 unspecified atom stereocenters. The Kier molecular flexibility index (Phi) is 4.96. The number of rotatable bonds is 4. The van der Waals surface area contributed by atoms with Crippen LogP contribution < -0.4 is 5.32 Å². The van der Waals surface area contributed by atoms with Gasteiger partial charge in [-0.25, -0.2) is 9.97 Å². The molecule has 1 atom stereocenters. The molecular formula is C20H21N3OS2. The molecule has 1 N–H and O–H groups in total. The largest absolute Gasteiger partial charge is 0.325 e. The second kappa shape index (κ2) is 7.37. The smallest absolute Gasteiger partial charge is 0.237 e. The highest BCUT2D eigenvalue weighted by atomic mass is 32.2. The molecule has 0 saturated carbocycles. The van der Waals surface area contributed by atoms with Crippen LogP contribution in [0.5, 0.6) is 0 Å². The number of hydrogen-bond acceptors (Lipinski definition) is 5. The van der Waals surface area contributed by atoms with Gasteiger partial charge in [-0.05, 0) is 57.2 Å². The fourth-order valence-corrected chi connectivity index (χ4v) is 5.49. The molecule has 0 saturated heterocycles. The number of amides is 1. The summed E-state index contributed by atoms with van der Waals surface area (Å²) in [5.74, 6) is -0.00490. The van der Waals surface area contributed by atoms with Gasteiger partial charge in [0.15, 0.2) is 0 Å². The van der Waals surface area contributed by atoms with E-state index in [1.54, 1.807) is 17.7 Å². The first-order valence-corrected chi connectivity index (χ1v) is 10.6. The maximum absolute atomic E-state index is 12.6. The van der Waals surface area contributed by atoms with Crippen molar-refractivity contribution in [3.8, 4) is 0 Å². The molecule has 0 radical (unpaired) electrons. The average molecular weight is 384 g/mol. The molecule has 2 heterocycles. The molecule has 1 amide bonds. The normalized spacial score (nSPS) is 14.8. The van der Waals surface area contributed by atoms with Crippen LogP contribution in [0, 0.1) is 6.92 Å². The summed E-state index contributed by atoms with van der Waals surface area (Å²) >= 11 is 3.31. The van der Waals surface area contributed by atoms with E-state index in [1.807, 2.05) is 38.1 Å². The van der Waals surface area contributed by atoms with Crippen LogP contribution in [0.2, 0.25) is 0 Å². The first-order valence-electron chi connectivity index (χ1n) is 8.91. The number of anilines is 1. The van der Waals surface area contributed by atoms with Gasteiger partial charge >= 0.3 is 0 Å². The maximum atomic E-state index is 12.6. The van der Waals surface area contributed by atoms with Gasteiger partial charge in [0.25, 0.3) is 0 Å². The van der Waals surface area contributed by atoms with Gasteiger partial charge in [-0.2, -0.15) is 0 Å². The van der Waals surface area contributed by atoms with Crippen molar-refractivity contribution in [3.05, 3.63) is 46.6 Å². The number of aromatic nitrogens is 2. The minimum absolute atomic E-state index is 0.00490. The predicted molar refractivity (Wildman–Crippen MR) is 109 cm³/mol. The Labute approximate surface area is 161 Å². The lowest BCUT2D eigenvalue weighted by Gasteiger charge is -2.14. The average Bonchev–Trinajstić information content (AvgIpc) is 3.03. The highest BCUT2D eigenvalue weighted by molar-refractivity contribution is 8.00. The van der Waals surface area contributed by atoms with E-state index in [9.17, 15) is 4.79 Å². The van der Waals surface area contributed by atoms with E-state index < -0.39 is 0 Å². The number of benzene rings is 1. The highest BCUT2D eigenvalue weighted by Crippen LogP contribution is 2.40. The Morgan fingerprint density at radius 3 is 2.77 bits per heavy atom. The summed E-state index contributed by atoms with van der Waals surface area (Å²) in [6, 6.07) is 7.86. The minimum atomic E-state index is -0.228. The van der Waals surface area contributed by atoms with Crippen molar-refractivity contribution in [2.24, 2.45) is 0 Å². The van der Waals surface area contributed by atoms with Gasteiger partial charge in [-0.15, -0.1) is 11.3 Å². The number of carbonyl (C=O) groups is 1. The van der Waals surface area contributed by atoms with Crippen LogP contribution in [0.15, 0.2) is 35.6 Å². The third kappa shape index (κ3) is 3.48. The number of carbonyl (C=O) groups excluding carboxylic acids is 1. The van der Waals surface area contributed by atoms with Crippen molar-refractivity contribution in [3.63, 3.8) is 0 Å². The lowest BCUT2D eigenvalue weighted by atomic mass is 9.97. The molecule has 1 aliphatic carbocycles. The van der Waals surface area contributed by atoms with E-state index in [4.69, 9.17) is 0 Å². The molecule has 4 rings (SSSR count). The molecule has 0 spiro atoms. The summed E-state index contributed by atoms with van der Waals surface area (Å²) in [6.45, 7) is 3.97. The molecule has 1 aliphatic rings. The molecule has 2 aromatic heterocycles. The molecule has 26 heavy (non-hydrogen) atoms. The Balaban J connectivity index is 1.55. The lowest BCUT2D eigenvalue weighted by Crippen LogP contribution is -2.22. The number of thiophene rings is 1. The topological polar surface area (TPSA) is 54.9 Å². The van der Waals surface area contributed by atoms with Crippen LogP contribution in [0.1, 0.15) is 35.8 Å². The molecule has 4 nitrogen and oxygen atoms in total. The zero-order valence-electron chi connectivity index (χ0n) is 14.9. The molecule has 134 valence electrons. The van der Waals surface area contributed by atoms with Crippen LogP contribution in [-0.4, -0.2) is 21.1 Å². The summed E-state index contributed by atoms with van der Waals surface area (Å²) in [4.78, 5) is 24.1. The zero-order chi connectivity index (χ0) is 18.1. The summed E-state index contributed by atoms with van der Waals surface area (Å²) in [7, 11) is 0. The van der Waals surface area contributed by atoms with Crippen molar-refractivity contribution in [1.29, 1.82) is 0 Å². The van der Waals surface area contributed by atoms with Gasteiger partial charge in [0.2, 0.25) is 5.91 Å². The fourth-order valence-electron chi connectivity index (χ4n) is 3.25. The third-order valence-electron chi connectivity index (χ3n) is 4.69. The minimum Gasteiger partial charge on any atom is -0.325 e. The second-order valence-corrected chi connectivity index (χ2v) is 9.10. The zero-order valence-corrected chi connectivity index (χ0v) is 16.5. The number of aryl methyl sites for hydroxylation is 3. The molecule has 3 aromatic rings. The molecule has 1 aromatic carbocycles. The SMILES string of the molecule is Cc1ccc(NC(=O)[C@@H](C)Sc2ncnc3sc4c(c23)CCCC4)cc1. The standard InChI is InChI=1S/C20H21N3OS2/c1-12-7-9-14(10-8-12)23-18(24)13(2)25-19-17-15-5-3-4-6-16(15)26-20(17)22-11-21-19/h7-11,13H,3-6H2,1-2H3,(H,23,24)/t13-/m1/s1. The Morgan fingerprint density at radius 1 is 1.19 bits per heavy atom. The Bertz CT molecular complexity index is 950. The molecule has 0 bridgehead atoms. The van der Waals surface area contributed by atoms with E-state index in [2.05, 4.69) is 15.3 Å². The van der Waals surface area contributed by atoms with Crippen LogP contribution >= 0.6 is 23.1 Å². The van der Waals surface area contributed by atoms with E-state index in [-0.39, 0.29) is 11.2 Å². The predicted octanol–water partition coefficient (Wildman–Crippen LogP) is 5.00. The Hall–Kier alpha value is -1.92. The summed E-state index contributed by atoms with van der Waals surface area (Å²) in [5, 5.41) is 4.87. The number of thioether (sulfide) groups is 1. The van der Waals surface area contributed by atoms with Crippen LogP contribution in [-0.2, 0) is 17.6 Å². The van der Waals surface area contributed by atoms with Crippen LogP contribution in [0.3, 0.4) is 0 Å². The van der Waals surface area contributed by atoms with E-state index in [0.717, 1.165) is 28.4 Å². The van der Waals surface area contributed by atoms with Gasteiger partial charge in [0.1, 0.15) is 16.2 Å². The van der Waals surface area contributed by atoms with E-state index in [1.165, 1.54) is 46.0 Å². The van der Waals surface area contributed by atoms with Gasteiger partial charge in [0, 0.05) is 16.0 Å². The second-order valence-electron chi connectivity index (χ2n) is 6.69. The lowest BCUT2D eigenvalue weighted by molar-refractivity contribution is -0.115. The van der Waals surface area contributed by atoms with Crippen LogP contribution in [0.4, 0.5) is 5.69 Å². The van der Waals surface area contributed by atoms with Crippen molar-refractivity contribution in [1.82, 2.24) is 9.97 Å². The highest BCUT2D eigenvalue weighted by Gasteiger charge is 2.23. The van der Waals surface area contributed by atoms with Gasteiger partial charge in [-0.1, -0.05) is 29.5 Å². The van der Waals surface area contributed by atoms with Crippen molar-refractivity contribution in [2.45, 2.75) is 49.8 Å². The summed E-state index contributed by atoms with van der Waals surface area (Å²) in [5.41, 5.74) is 3.41. The van der Waals surface area contributed by atoms with Crippen molar-refractivity contribution >= 4 is 44.9 Å².